The summed E-state index contributed by atoms with van der Waals surface area (Å²) >= 11 is 0. The van der Waals surface area contributed by atoms with Gasteiger partial charge in [0.2, 0.25) is 5.91 Å². The first kappa shape index (κ1) is 10.6. The predicted molar refractivity (Wildman–Crippen MR) is 69.5 cm³/mol. The van der Waals surface area contributed by atoms with Crippen LogP contribution in [0.2, 0.25) is 0 Å². The Hall–Kier alpha value is -1.51. The fourth-order valence-electron chi connectivity index (χ4n) is 2.82. The largest absolute Gasteiger partial charge is 0.370 e. The second-order valence-corrected chi connectivity index (χ2v) is 4.83. The molecule has 2 aliphatic heterocycles. The summed E-state index contributed by atoms with van der Waals surface area (Å²) in [4.78, 5) is 16.2. The van der Waals surface area contributed by atoms with Crippen molar-refractivity contribution in [2.24, 2.45) is 0 Å². The molecule has 0 atom stereocenters. The van der Waals surface area contributed by atoms with E-state index in [9.17, 15) is 4.79 Å². The van der Waals surface area contributed by atoms with E-state index in [1.165, 1.54) is 18.5 Å². The Morgan fingerprint density at radius 3 is 2.24 bits per heavy atom. The number of nitrogens with zero attached hydrogens (tertiary/aromatic N) is 2. The highest BCUT2D eigenvalue weighted by atomic mass is 16.2. The number of carbonyl (C=O) groups excluding carboxylic acids is 1. The van der Waals surface area contributed by atoms with Crippen molar-refractivity contribution in [2.45, 2.75) is 25.7 Å². The van der Waals surface area contributed by atoms with Crippen LogP contribution in [0.1, 0.15) is 25.7 Å². The molecule has 0 unspecified atom stereocenters. The second kappa shape index (κ2) is 4.40. The van der Waals surface area contributed by atoms with Crippen LogP contribution in [-0.4, -0.2) is 25.5 Å². The minimum atomic E-state index is 0.275. The molecular weight excluding hydrogens is 212 g/mol. The van der Waals surface area contributed by atoms with E-state index in [4.69, 9.17) is 0 Å². The van der Waals surface area contributed by atoms with Gasteiger partial charge in [-0.25, -0.2) is 0 Å². The molecule has 1 aromatic carbocycles. The van der Waals surface area contributed by atoms with E-state index in [0.717, 1.165) is 31.7 Å². The number of amides is 1. The quantitative estimate of drug-likeness (QED) is 0.779. The van der Waals surface area contributed by atoms with E-state index in [-0.39, 0.29) is 5.91 Å². The first-order valence-corrected chi connectivity index (χ1v) is 6.50. The minimum Gasteiger partial charge on any atom is -0.370 e. The fourth-order valence-corrected chi connectivity index (χ4v) is 2.82. The lowest BCUT2D eigenvalue weighted by Gasteiger charge is -2.26. The van der Waals surface area contributed by atoms with Crippen LogP contribution in [-0.2, 0) is 4.79 Å². The SMILES string of the molecule is O=C1CCCN1c1ccccc1N1CCCC1. The Balaban J connectivity index is 1.95. The van der Waals surface area contributed by atoms with Gasteiger partial charge in [-0.15, -0.1) is 0 Å². The number of carbonyl (C=O) groups is 1. The molecule has 0 radical (unpaired) electrons. The van der Waals surface area contributed by atoms with Crippen LogP contribution in [0.5, 0.6) is 0 Å². The number of hydrogen-bond donors (Lipinski definition) is 0. The molecule has 1 aromatic rings. The summed E-state index contributed by atoms with van der Waals surface area (Å²) in [6.45, 7) is 3.13. The molecule has 90 valence electrons. The van der Waals surface area contributed by atoms with E-state index < -0.39 is 0 Å². The lowest BCUT2D eigenvalue weighted by atomic mass is 10.2. The number of anilines is 2. The van der Waals surface area contributed by atoms with Crippen molar-refractivity contribution in [3.8, 4) is 0 Å². The van der Waals surface area contributed by atoms with E-state index >= 15 is 0 Å². The zero-order chi connectivity index (χ0) is 11.7. The van der Waals surface area contributed by atoms with Gasteiger partial charge in [-0.3, -0.25) is 4.79 Å². The van der Waals surface area contributed by atoms with Crippen LogP contribution in [0.15, 0.2) is 24.3 Å². The lowest BCUT2D eigenvalue weighted by Crippen LogP contribution is -2.27. The summed E-state index contributed by atoms with van der Waals surface area (Å²) in [6, 6.07) is 8.32. The van der Waals surface area contributed by atoms with E-state index in [1.54, 1.807) is 0 Å². The molecule has 3 heteroatoms. The van der Waals surface area contributed by atoms with Gasteiger partial charge in [0.25, 0.3) is 0 Å². The normalized spacial score (nSPS) is 20.4. The van der Waals surface area contributed by atoms with Crippen LogP contribution in [0.4, 0.5) is 11.4 Å². The molecule has 0 N–H and O–H groups in total. The predicted octanol–water partition coefficient (Wildman–Crippen LogP) is 2.41. The number of rotatable bonds is 2. The van der Waals surface area contributed by atoms with Crippen LogP contribution < -0.4 is 9.80 Å². The van der Waals surface area contributed by atoms with Crippen LogP contribution >= 0.6 is 0 Å². The fraction of sp³-hybridized carbons (Fsp3) is 0.500. The summed E-state index contributed by atoms with van der Waals surface area (Å²) < 4.78 is 0. The molecule has 2 aliphatic rings. The third kappa shape index (κ3) is 1.90. The van der Waals surface area contributed by atoms with Gasteiger partial charge in [0.05, 0.1) is 11.4 Å². The third-order valence-corrected chi connectivity index (χ3v) is 3.69. The maximum atomic E-state index is 11.8. The molecule has 0 bridgehead atoms. The molecule has 1 amide bonds. The summed E-state index contributed by atoms with van der Waals surface area (Å²) in [5.41, 5.74) is 2.34. The van der Waals surface area contributed by atoms with Gasteiger partial charge < -0.3 is 9.80 Å². The first-order valence-electron chi connectivity index (χ1n) is 6.50. The topological polar surface area (TPSA) is 23.6 Å². The van der Waals surface area contributed by atoms with Crippen molar-refractivity contribution >= 4 is 17.3 Å². The zero-order valence-electron chi connectivity index (χ0n) is 10.1. The molecule has 2 saturated heterocycles. The highest BCUT2D eigenvalue weighted by molar-refractivity contribution is 5.98. The smallest absolute Gasteiger partial charge is 0.227 e. The highest BCUT2D eigenvalue weighted by Crippen LogP contribution is 2.33. The van der Waals surface area contributed by atoms with Crippen LogP contribution in [0, 0.1) is 0 Å². The average molecular weight is 230 g/mol. The number of hydrogen-bond acceptors (Lipinski definition) is 2. The molecule has 3 rings (SSSR count). The number of para-hydroxylation sites is 2. The van der Waals surface area contributed by atoms with Gasteiger partial charge in [-0.2, -0.15) is 0 Å². The molecule has 0 aliphatic carbocycles. The molecule has 0 saturated carbocycles. The highest BCUT2D eigenvalue weighted by Gasteiger charge is 2.25. The summed E-state index contributed by atoms with van der Waals surface area (Å²) in [5, 5.41) is 0. The van der Waals surface area contributed by atoms with E-state index in [2.05, 4.69) is 23.1 Å². The molecule has 0 spiro atoms. The zero-order valence-corrected chi connectivity index (χ0v) is 10.1. The first-order chi connectivity index (χ1) is 8.36. The summed E-state index contributed by atoms with van der Waals surface area (Å²) in [7, 11) is 0. The van der Waals surface area contributed by atoms with Gasteiger partial charge >= 0.3 is 0 Å². The van der Waals surface area contributed by atoms with Crippen molar-refractivity contribution in [3.63, 3.8) is 0 Å². The van der Waals surface area contributed by atoms with Crippen molar-refractivity contribution in [3.05, 3.63) is 24.3 Å². The van der Waals surface area contributed by atoms with E-state index in [1.807, 2.05) is 11.0 Å². The van der Waals surface area contributed by atoms with Gasteiger partial charge in [0.15, 0.2) is 0 Å². The van der Waals surface area contributed by atoms with E-state index in [0.29, 0.717) is 6.42 Å². The Labute approximate surface area is 102 Å². The minimum absolute atomic E-state index is 0.275. The Morgan fingerprint density at radius 1 is 0.882 bits per heavy atom. The molecule has 2 heterocycles. The van der Waals surface area contributed by atoms with Crippen LogP contribution in [0.25, 0.3) is 0 Å². The van der Waals surface area contributed by atoms with Gasteiger partial charge in [0, 0.05) is 26.1 Å². The van der Waals surface area contributed by atoms with Crippen molar-refractivity contribution in [1.29, 1.82) is 0 Å². The average Bonchev–Trinajstić information content (AvgIpc) is 3.00. The molecule has 0 aromatic heterocycles. The monoisotopic (exact) mass is 230 g/mol. The molecular formula is C14H18N2O. The molecule has 3 nitrogen and oxygen atoms in total. The number of benzene rings is 1. The third-order valence-electron chi connectivity index (χ3n) is 3.69. The lowest BCUT2D eigenvalue weighted by molar-refractivity contribution is -0.117. The van der Waals surface area contributed by atoms with Crippen molar-refractivity contribution < 1.29 is 4.79 Å². The Bertz CT molecular complexity index is 424. The van der Waals surface area contributed by atoms with Gasteiger partial charge in [-0.1, -0.05) is 12.1 Å². The second-order valence-electron chi connectivity index (χ2n) is 4.83. The molecule has 2 fully saturated rings. The Morgan fingerprint density at radius 2 is 1.59 bits per heavy atom. The van der Waals surface area contributed by atoms with Crippen molar-refractivity contribution in [2.75, 3.05) is 29.4 Å². The van der Waals surface area contributed by atoms with Gasteiger partial charge in [-0.05, 0) is 31.4 Å². The maximum absolute atomic E-state index is 11.8. The summed E-state index contributed by atoms with van der Waals surface area (Å²) in [6.07, 6.45) is 4.23. The Kier molecular flexibility index (Phi) is 2.75. The van der Waals surface area contributed by atoms with Crippen molar-refractivity contribution in [1.82, 2.24) is 0 Å². The van der Waals surface area contributed by atoms with Gasteiger partial charge in [0.1, 0.15) is 0 Å². The summed E-state index contributed by atoms with van der Waals surface area (Å²) in [5.74, 6) is 0.275. The maximum Gasteiger partial charge on any atom is 0.227 e. The molecule has 17 heavy (non-hydrogen) atoms. The standard InChI is InChI=1S/C14H18N2O/c17-14-8-5-11-16(14)13-7-2-1-6-12(13)15-9-3-4-10-15/h1-2,6-7H,3-5,8-11H2. The van der Waals surface area contributed by atoms with Crippen LogP contribution in [0.3, 0.4) is 0 Å².